The number of nitrogens with two attached hydrogens (primary N) is 1. The van der Waals surface area contributed by atoms with Crippen LogP contribution in [0.2, 0.25) is 0 Å². The zero-order valence-electron chi connectivity index (χ0n) is 10.00. The zero-order chi connectivity index (χ0) is 13.8. The highest BCUT2D eigenvalue weighted by Crippen LogP contribution is 2.29. The predicted molar refractivity (Wildman–Crippen MR) is 73.3 cm³/mol. The number of hydrogen-bond acceptors (Lipinski definition) is 2. The zero-order valence-corrected chi connectivity index (χ0v) is 11.6. The molecule has 0 heterocycles. The molecule has 0 radical (unpaired) electrons. The molecule has 0 spiro atoms. The number of hydrogen-bond donors (Lipinski definition) is 1. The Morgan fingerprint density at radius 1 is 1.00 bits per heavy atom. The minimum atomic E-state index is -0.556. The number of halogens is 3. The fraction of sp³-hybridized carbons (Fsp3) is 0.143. The van der Waals surface area contributed by atoms with Crippen LogP contribution < -0.4 is 10.5 Å². The van der Waals surface area contributed by atoms with Gasteiger partial charge in [-0.05, 0) is 48.9 Å². The van der Waals surface area contributed by atoms with Crippen molar-refractivity contribution in [2.75, 3.05) is 6.54 Å². The Hall–Kier alpha value is -1.46. The molecule has 0 unspecified atom stereocenters. The summed E-state index contributed by atoms with van der Waals surface area (Å²) in [6.45, 7) is 0.445. The summed E-state index contributed by atoms with van der Waals surface area (Å²) in [5.41, 5.74) is 6.18. The maximum atomic E-state index is 13.8. The number of rotatable bonds is 4. The molecule has 0 aliphatic rings. The SMILES string of the molecule is NCCc1ccc(Oc2ccc(Br)cc2F)c(F)c1. The van der Waals surface area contributed by atoms with Crippen LogP contribution in [0.5, 0.6) is 11.5 Å². The molecule has 0 saturated carbocycles. The van der Waals surface area contributed by atoms with Gasteiger partial charge in [-0.3, -0.25) is 0 Å². The van der Waals surface area contributed by atoms with Gasteiger partial charge in [0.15, 0.2) is 23.1 Å². The van der Waals surface area contributed by atoms with Gasteiger partial charge >= 0.3 is 0 Å². The van der Waals surface area contributed by atoms with E-state index in [1.54, 1.807) is 12.1 Å². The third-order valence-electron chi connectivity index (χ3n) is 2.54. The van der Waals surface area contributed by atoms with Crippen LogP contribution in [-0.2, 0) is 6.42 Å². The molecule has 0 fully saturated rings. The standard InChI is InChI=1S/C14H12BrF2NO/c15-10-2-4-14(12(17)8-10)19-13-3-1-9(5-6-18)7-11(13)16/h1-4,7-8H,5-6,18H2. The van der Waals surface area contributed by atoms with Crippen molar-refractivity contribution < 1.29 is 13.5 Å². The quantitative estimate of drug-likeness (QED) is 0.920. The molecule has 0 atom stereocenters. The fourth-order valence-corrected chi connectivity index (χ4v) is 1.96. The van der Waals surface area contributed by atoms with Crippen molar-refractivity contribution in [3.8, 4) is 11.5 Å². The topological polar surface area (TPSA) is 35.2 Å². The van der Waals surface area contributed by atoms with E-state index in [2.05, 4.69) is 15.9 Å². The van der Waals surface area contributed by atoms with Gasteiger partial charge in [0, 0.05) is 4.47 Å². The summed E-state index contributed by atoms with van der Waals surface area (Å²) in [5.74, 6) is -1.12. The van der Waals surface area contributed by atoms with Crippen molar-refractivity contribution in [1.29, 1.82) is 0 Å². The van der Waals surface area contributed by atoms with Gasteiger partial charge in [0.1, 0.15) is 0 Å². The minimum absolute atomic E-state index is 0.0120. The summed E-state index contributed by atoms with van der Waals surface area (Å²) in [4.78, 5) is 0. The summed E-state index contributed by atoms with van der Waals surface area (Å²) in [6, 6.07) is 8.85. The summed E-state index contributed by atoms with van der Waals surface area (Å²) in [6.07, 6.45) is 0.587. The fourth-order valence-electron chi connectivity index (χ4n) is 1.63. The van der Waals surface area contributed by atoms with Gasteiger partial charge in [0.2, 0.25) is 0 Å². The number of ether oxygens (including phenoxy) is 1. The van der Waals surface area contributed by atoms with Crippen LogP contribution in [-0.4, -0.2) is 6.54 Å². The third kappa shape index (κ3) is 3.52. The molecule has 100 valence electrons. The van der Waals surface area contributed by atoms with Gasteiger partial charge in [-0.1, -0.05) is 22.0 Å². The van der Waals surface area contributed by atoms with Gasteiger partial charge in [-0.15, -0.1) is 0 Å². The second kappa shape index (κ2) is 6.12. The molecule has 2 aromatic rings. The second-order valence-corrected chi connectivity index (χ2v) is 4.90. The van der Waals surface area contributed by atoms with Crippen molar-refractivity contribution in [2.45, 2.75) is 6.42 Å². The molecule has 0 aromatic heterocycles. The average Bonchev–Trinajstić information content (AvgIpc) is 2.36. The Bertz CT molecular complexity index is 590. The molecule has 0 amide bonds. The van der Waals surface area contributed by atoms with E-state index in [0.717, 1.165) is 5.56 Å². The van der Waals surface area contributed by atoms with Crippen molar-refractivity contribution >= 4 is 15.9 Å². The highest BCUT2D eigenvalue weighted by molar-refractivity contribution is 9.10. The van der Waals surface area contributed by atoms with Crippen LogP contribution in [0.3, 0.4) is 0 Å². The van der Waals surface area contributed by atoms with E-state index < -0.39 is 11.6 Å². The molecule has 19 heavy (non-hydrogen) atoms. The maximum absolute atomic E-state index is 13.8. The summed E-state index contributed by atoms with van der Waals surface area (Å²) in [7, 11) is 0. The van der Waals surface area contributed by atoms with Gasteiger partial charge < -0.3 is 10.5 Å². The van der Waals surface area contributed by atoms with Crippen molar-refractivity contribution in [3.63, 3.8) is 0 Å². The first kappa shape index (κ1) is 14.0. The Labute approximate surface area is 118 Å². The lowest BCUT2D eigenvalue weighted by Crippen LogP contribution is -2.03. The molecular weight excluding hydrogens is 316 g/mol. The van der Waals surface area contributed by atoms with Crippen LogP contribution in [0, 0.1) is 11.6 Å². The highest BCUT2D eigenvalue weighted by atomic mass is 79.9. The van der Waals surface area contributed by atoms with E-state index in [1.807, 2.05) is 0 Å². The van der Waals surface area contributed by atoms with Crippen LogP contribution in [0.15, 0.2) is 40.9 Å². The second-order valence-electron chi connectivity index (χ2n) is 3.98. The summed E-state index contributed by atoms with van der Waals surface area (Å²) < 4.78 is 33.2. The van der Waals surface area contributed by atoms with Gasteiger partial charge in [0.25, 0.3) is 0 Å². The molecule has 5 heteroatoms. The molecule has 0 aliphatic carbocycles. The first-order chi connectivity index (χ1) is 9.10. The maximum Gasteiger partial charge on any atom is 0.166 e. The molecule has 0 bridgehead atoms. The highest BCUT2D eigenvalue weighted by Gasteiger charge is 2.09. The van der Waals surface area contributed by atoms with E-state index >= 15 is 0 Å². The monoisotopic (exact) mass is 327 g/mol. The van der Waals surface area contributed by atoms with E-state index in [1.165, 1.54) is 24.3 Å². The van der Waals surface area contributed by atoms with E-state index in [0.29, 0.717) is 17.4 Å². The summed E-state index contributed by atoms with van der Waals surface area (Å²) >= 11 is 3.14. The molecule has 2 aromatic carbocycles. The van der Waals surface area contributed by atoms with Crippen LogP contribution in [0.4, 0.5) is 8.78 Å². The summed E-state index contributed by atoms with van der Waals surface area (Å²) in [5, 5.41) is 0. The Morgan fingerprint density at radius 3 is 2.21 bits per heavy atom. The van der Waals surface area contributed by atoms with Crippen molar-refractivity contribution in [2.24, 2.45) is 5.73 Å². The molecule has 0 saturated heterocycles. The van der Waals surface area contributed by atoms with Crippen LogP contribution in [0.25, 0.3) is 0 Å². The van der Waals surface area contributed by atoms with Gasteiger partial charge in [-0.25, -0.2) is 8.78 Å². The van der Waals surface area contributed by atoms with E-state index in [4.69, 9.17) is 10.5 Å². The minimum Gasteiger partial charge on any atom is -0.451 e. The Balaban J connectivity index is 2.23. The predicted octanol–water partition coefficient (Wildman–Crippen LogP) is 4.02. The first-order valence-corrected chi connectivity index (χ1v) is 6.51. The van der Waals surface area contributed by atoms with Crippen molar-refractivity contribution in [1.82, 2.24) is 0 Å². The normalized spacial score (nSPS) is 10.5. The van der Waals surface area contributed by atoms with Crippen LogP contribution >= 0.6 is 15.9 Å². The lowest BCUT2D eigenvalue weighted by Gasteiger charge is -2.09. The lowest BCUT2D eigenvalue weighted by atomic mass is 10.1. The Morgan fingerprint density at radius 2 is 1.63 bits per heavy atom. The third-order valence-corrected chi connectivity index (χ3v) is 3.04. The average molecular weight is 328 g/mol. The largest absolute Gasteiger partial charge is 0.451 e. The Kier molecular flexibility index (Phi) is 4.50. The molecule has 0 aliphatic heterocycles. The van der Waals surface area contributed by atoms with Crippen molar-refractivity contribution in [3.05, 3.63) is 58.1 Å². The molecule has 2 nitrogen and oxygen atoms in total. The number of benzene rings is 2. The molecule has 2 N–H and O–H groups in total. The smallest absolute Gasteiger partial charge is 0.166 e. The van der Waals surface area contributed by atoms with E-state index in [-0.39, 0.29) is 11.5 Å². The van der Waals surface area contributed by atoms with Gasteiger partial charge in [0.05, 0.1) is 0 Å². The molecule has 2 rings (SSSR count). The lowest BCUT2D eigenvalue weighted by molar-refractivity contribution is 0.414. The first-order valence-electron chi connectivity index (χ1n) is 5.71. The van der Waals surface area contributed by atoms with Crippen LogP contribution in [0.1, 0.15) is 5.56 Å². The van der Waals surface area contributed by atoms with Gasteiger partial charge in [-0.2, -0.15) is 0 Å². The molecular formula is C14H12BrF2NO. The van der Waals surface area contributed by atoms with E-state index in [9.17, 15) is 8.78 Å².